The van der Waals surface area contributed by atoms with Gasteiger partial charge in [0.2, 0.25) is 5.95 Å². The van der Waals surface area contributed by atoms with Crippen LogP contribution in [0.5, 0.6) is 0 Å². The molecule has 0 unspecified atom stereocenters. The van der Waals surface area contributed by atoms with Crippen LogP contribution >= 0.6 is 0 Å². The van der Waals surface area contributed by atoms with Crippen LogP contribution in [0.4, 0.5) is 5.95 Å². The maximum Gasteiger partial charge on any atom is 0.201 e. The Morgan fingerprint density at radius 3 is 2.86 bits per heavy atom. The predicted molar refractivity (Wildman–Crippen MR) is 79.5 cm³/mol. The first-order chi connectivity index (χ1) is 10.3. The molecule has 0 fully saturated rings. The van der Waals surface area contributed by atoms with Crippen molar-refractivity contribution >= 4 is 27.9 Å². The molecular formula is C14H13N7. The van der Waals surface area contributed by atoms with Gasteiger partial charge in [0, 0.05) is 18.1 Å². The molecular weight excluding hydrogens is 266 g/mol. The van der Waals surface area contributed by atoms with E-state index in [0.29, 0.717) is 19.0 Å². The van der Waals surface area contributed by atoms with Crippen LogP contribution in [0.3, 0.4) is 0 Å². The van der Waals surface area contributed by atoms with Gasteiger partial charge < -0.3 is 10.3 Å². The second kappa shape index (κ2) is 4.55. The lowest BCUT2D eigenvalue weighted by atomic mass is 10.2. The number of aromatic nitrogens is 6. The van der Waals surface area contributed by atoms with E-state index in [9.17, 15) is 0 Å². The number of hydrogen-bond donors (Lipinski definition) is 1. The van der Waals surface area contributed by atoms with Crippen LogP contribution in [-0.4, -0.2) is 29.5 Å². The molecule has 0 radical (unpaired) electrons. The molecule has 4 aromatic rings. The van der Waals surface area contributed by atoms with E-state index < -0.39 is 0 Å². The van der Waals surface area contributed by atoms with Crippen molar-refractivity contribution in [3.63, 3.8) is 0 Å². The van der Waals surface area contributed by atoms with Crippen LogP contribution in [0.15, 0.2) is 42.9 Å². The van der Waals surface area contributed by atoms with Gasteiger partial charge >= 0.3 is 0 Å². The van der Waals surface area contributed by atoms with Crippen LogP contribution < -0.4 is 5.73 Å². The van der Waals surface area contributed by atoms with Crippen LogP contribution in [-0.2, 0) is 13.1 Å². The SMILES string of the molecule is Nc1nc2cnc3ccccc3c2n1CCn1ccnn1. The molecule has 0 aliphatic heterocycles. The van der Waals surface area contributed by atoms with Gasteiger partial charge in [-0.25, -0.2) is 4.98 Å². The topological polar surface area (TPSA) is 87.4 Å². The van der Waals surface area contributed by atoms with Crippen molar-refractivity contribution in [1.29, 1.82) is 0 Å². The highest BCUT2D eigenvalue weighted by Crippen LogP contribution is 2.25. The summed E-state index contributed by atoms with van der Waals surface area (Å²) >= 11 is 0. The monoisotopic (exact) mass is 279 g/mol. The molecule has 2 N–H and O–H groups in total. The third kappa shape index (κ3) is 1.90. The number of anilines is 1. The largest absolute Gasteiger partial charge is 0.369 e. The predicted octanol–water partition coefficient (Wildman–Crippen LogP) is 1.46. The van der Waals surface area contributed by atoms with Gasteiger partial charge in [0.1, 0.15) is 5.52 Å². The lowest BCUT2D eigenvalue weighted by molar-refractivity contribution is 0.529. The molecule has 0 saturated heterocycles. The molecule has 0 spiro atoms. The van der Waals surface area contributed by atoms with E-state index in [2.05, 4.69) is 20.3 Å². The molecule has 104 valence electrons. The van der Waals surface area contributed by atoms with Crippen molar-refractivity contribution in [2.45, 2.75) is 13.1 Å². The zero-order valence-corrected chi connectivity index (χ0v) is 11.2. The number of nitrogens with two attached hydrogens (primary N) is 1. The fourth-order valence-electron chi connectivity index (χ4n) is 2.56. The van der Waals surface area contributed by atoms with Crippen LogP contribution in [0, 0.1) is 0 Å². The smallest absolute Gasteiger partial charge is 0.201 e. The van der Waals surface area contributed by atoms with E-state index >= 15 is 0 Å². The third-order valence-corrected chi connectivity index (χ3v) is 3.53. The Kier molecular flexibility index (Phi) is 2.56. The van der Waals surface area contributed by atoms with E-state index in [1.165, 1.54) is 0 Å². The first-order valence-electron chi connectivity index (χ1n) is 6.66. The molecule has 1 aromatic carbocycles. The minimum Gasteiger partial charge on any atom is -0.369 e. The third-order valence-electron chi connectivity index (χ3n) is 3.53. The fraction of sp³-hybridized carbons (Fsp3) is 0.143. The molecule has 0 amide bonds. The number of nitrogens with zero attached hydrogens (tertiary/aromatic N) is 6. The number of pyridine rings is 1. The Balaban J connectivity index is 1.86. The first-order valence-corrected chi connectivity index (χ1v) is 6.66. The molecule has 3 heterocycles. The molecule has 21 heavy (non-hydrogen) atoms. The summed E-state index contributed by atoms with van der Waals surface area (Å²) in [5, 5.41) is 8.82. The van der Waals surface area contributed by atoms with Gasteiger partial charge in [-0.2, -0.15) is 0 Å². The fourth-order valence-corrected chi connectivity index (χ4v) is 2.56. The van der Waals surface area contributed by atoms with Crippen molar-refractivity contribution in [2.24, 2.45) is 0 Å². The summed E-state index contributed by atoms with van der Waals surface area (Å²) in [7, 11) is 0. The standard InChI is InChI=1S/C14H13N7/c15-14-18-12-9-16-11-4-2-1-3-10(11)13(12)21(14)8-7-20-6-5-17-19-20/h1-6,9H,7-8H2,(H2,15,18). The number of imidazole rings is 1. The Morgan fingerprint density at radius 1 is 1.10 bits per heavy atom. The number of aryl methyl sites for hydroxylation is 2. The van der Waals surface area contributed by atoms with E-state index in [1.807, 2.05) is 35.0 Å². The van der Waals surface area contributed by atoms with Gasteiger partial charge in [0.05, 0.1) is 30.0 Å². The van der Waals surface area contributed by atoms with Gasteiger partial charge in [-0.05, 0) is 6.07 Å². The maximum absolute atomic E-state index is 6.06. The Labute approximate surface area is 120 Å². The molecule has 0 aliphatic rings. The molecule has 0 atom stereocenters. The Morgan fingerprint density at radius 2 is 2.00 bits per heavy atom. The zero-order valence-electron chi connectivity index (χ0n) is 11.2. The minimum absolute atomic E-state index is 0.489. The van der Waals surface area contributed by atoms with Crippen molar-refractivity contribution in [2.75, 3.05) is 5.73 Å². The van der Waals surface area contributed by atoms with Gasteiger partial charge in [0.25, 0.3) is 0 Å². The molecule has 0 saturated carbocycles. The Hall–Kier alpha value is -2.96. The summed E-state index contributed by atoms with van der Waals surface area (Å²) in [6.45, 7) is 1.37. The lowest BCUT2D eigenvalue weighted by Crippen LogP contribution is -2.10. The van der Waals surface area contributed by atoms with Crippen molar-refractivity contribution in [1.82, 2.24) is 29.5 Å². The molecule has 4 rings (SSSR count). The van der Waals surface area contributed by atoms with Crippen molar-refractivity contribution in [3.8, 4) is 0 Å². The molecule has 7 heteroatoms. The van der Waals surface area contributed by atoms with Gasteiger partial charge in [0.15, 0.2) is 0 Å². The molecule has 3 aromatic heterocycles. The highest BCUT2D eigenvalue weighted by atomic mass is 15.4. The highest BCUT2D eigenvalue weighted by molar-refractivity contribution is 6.02. The number of hydrogen-bond acceptors (Lipinski definition) is 5. The average molecular weight is 279 g/mol. The van der Waals surface area contributed by atoms with Crippen LogP contribution in [0.2, 0.25) is 0 Å². The van der Waals surface area contributed by atoms with Gasteiger partial charge in [-0.15, -0.1) is 5.10 Å². The second-order valence-electron chi connectivity index (χ2n) is 4.80. The van der Waals surface area contributed by atoms with Crippen LogP contribution in [0.1, 0.15) is 0 Å². The number of fused-ring (bicyclic) bond motifs is 3. The van der Waals surface area contributed by atoms with E-state index in [-0.39, 0.29) is 0 Å². The highest BCUT2D eigenvalue weighted by Gasteiger charge is 2.12. The van der Waals surface area contributed by atoms with Crippen molar-refractivity contribution < 1.29 is 0 Å². The quantitative estimate of drug-likeness (QED) is 0.613. The summed E-state index contributed by atoms with van der Waals surface area (Å²) in [5.41, 5.74) is 8.82. The second-order valence-corrected chi connectivity index (χ2v) is 4.80. The summed E-state index contributed by atoms with van der Waals surface area (Å²) in [5.74, 6) is 0.489. The van der Waals surface area contributed by atoms with Crippen LogP contribution in [0.25, 0.3) is 21.9 Å². The van der Waals surface area contributed by atoms with E-state index in [0.717, 1.165) is 21.9 Å². The summed E-state index contributed by atoms with van der Waals surface area (Å²) in [6.07, 6.45) is 5.25. The molecule has 0 aliphatic carbocycles. The minimum atomic E-state index is 0.489. The average Bonchev–Trinajstić information content (AvgIpc) is 3.12. The first kappa shape index (κ1) is 11.8. The van der Waals surface area contributed by atoms with E-state index in [1.54, 1.807) is 17.1 Å². The number of para-hydroxylation sites is 1. The van der Waals surface area contributed by atoms with E-state index in [4.69, 9.17) is 5.73 Å². The van der Waals surface area contributed by atoms with Gasteiger partial charge in [-0.3, -0.25) is 9.67 Å². The summed E-state index contributed by atoms with van der Waals surface area (Å²) < 4.78 is 3.77. The number of benzene rings is 1. The maximum atomic E-state index is 6.06. The number of rotatable bonds is 3. The van der Waals surface area contributed by atoms with Gasteiger partial charge in [-0.1, -0.05) is 23.4 Å². The summed E-state index contributed by atoms with van der Waals surface area (Å²) in [4.78, 5) is 8.81. The number of nitrogen functional groups attached to an aromatic ring is 1. The molecule has 7 nitrogen and oxygen atoms in total. The normalized spacial score (nSPS) is 11.4. The molecule has 0 bridgehead atoms. The van der Waals surface area contributed by atoms with Crippen molar-refractivity contribution in [3.05, 3.63) is 42.9 Å². The Bertz CT molecular complexity index is 908. The zero-order chi connectivity index (χ0) is 14.2. The lowest BCUT2D eigenvalue weighted by Gasteiger charge is -2.08. The summed E-state index contributed by atoms with van der Waals surface area (Å²) in [6, 6.07) is 7.99.